The summed E-state index contributed by atoms with van der Waals surface area (Å²) in [5.74, 6) is 0.145. The molecule has 1 aliphatic rings. The monoisotopic (exact) mass is 467 g/mol. The number of alkyl halides is 1. The maximum atomic E-state index is 13.8. The van der Waals surface area contributed by atoms with Gasteiger partial charge in [0.05, 0.1) is 11.5 Å². The van der Waals surface area contributed by atoms with Gasteiger partial charge in [0.25, 0.3) is 0 Å². The van der Waals surface area contributed by atoms with Gasteiger partial charge in [0.2, 0.25) is 14.7 Å². The Kier molecular flexibility index (Phi) is 6.20. The van der Waals surface area contributed by atoms with Gasteiger partial charge >= 0.3 is 0 Å². The second kappa shape index (κ2) is 8.14. The number of nitrogens with one attached hydrogen (secondary N) is 1. The lowest BCUT2D eigenvalue weighted by Crippen LogP contribution is -3.17. The van der Waals surface area contributed by atoms with E-state index in [1.54, 1.807) is 69.3 Å². The molecule has 152 valence electrons. The number of sulfone groups is 1. The van der Waals surface area contributed by atoms with E-state index in [9.17, 15) is 13.6 Å². The van der Waals surface area contributed by atoms with E-state index in [1.807, 2.05) is 0 Å². The maximum Gasteiger partial charge on any atom is 0.239 e. The second-order valence-electron chi connectivity index (χ2n) is 7.44. The molecule has 7 heteroatoms. The van der Waals surface area contributed by atoms with Gasteiger partial charge in [0, 0.05) is 22.4 Å². The van der Waals surface area contributed by atoms with Crippen molar-refractivity contribution in [3.05, 3.63) is 64.9 Å². The van der Waals surface area contributed by atoms with E-state index in [1.165, 1.54) is 0 Å². The fourth-order valence-electron chi connectivity index (χ4n) is 4.14. The average Bonchev–Trinajstić information content (AvgIpc) is 2.67. The van der Waals surface area contributed by atoms with Gasteiger partial charge in [0.15, 0.2) is 0 Å². The van der Waals surface area contributed by atoms with Crippen LogP contribution in [0.15, 0.2) is 53.4 Å². The molecular weight excluding hydrogens is 442 g/mol. The van der Waals surface area contributed by atoms with Gasteiger partial charge in [-0.05, 0) is 31.5 Å². The molecule has 3 rings (SSSR count). The third-order valence-electron chi connectivity index (χ3n) is 5.48. The summed E-state index contributed by atoms with van der Waals surface area (Å²) in [4.78, 5) is -1.38. The number of hydroxylamine groups is 2. The Labute approximate surface area is 175 Å². The van der Waals surface area contributed by atoms with Crippen molar-refractivity contribution in [2.45, 2.75) is 43.0 Å². The number of halogens is 1. The van der Waals surface area contributed by atoms with E-state index in [0.29, 0.717) is 23.5 Å². The first-order chi connectivity index (χ1) is 13.3. The summed E-state index contributed by atoms with van der Waals surface area (Å²) in [5.41, 5.74) is 1.05. The number of rotatable bonds is 6. The third-order valence-corrected chi connectivity index (χ3v) is 8.75. The smallest absolute Gasteiger partial charge is 0.239 e. The minimum Gasteiger partial charge on any atom is -0.632 e. The summed E-state index contributed by atoms with van der Waals surface area (Å²) in [7, 11) is -3.93. The zero-order valence-electron chi connectivity index (χ0n) is 16.3. The molecule has 2 aromatic carbocycles. The number of quaternary nitrogens is 1. The van der Waals surface area contributed by atoms with Crippen LogP contribution in [-0.4, -0.2) is 20.4 Å². The molecule has 0 aliphatic carbocycles. The molecule has 0 fully saturated rings. The molecule has 5 nitrogen and oxygen atoms in total. The Morgan fingerprint density at radius 1 is 1.21 bits per heavy atom. The molecule has 3 atom stereocenters. The molecule has 0 saturated heterocycles. The second-order valence-corrected chi connectivity index (χ2v) is 10.3. The van der Waals surface area contributed by atoms with Crippen LogP contribution in [0.4, 0.5) is 0 Å². The minimum atomic E-state index is -3.93. The molecule has 1 aliphatic heterocycles. The summed E-state index contributed by atoms with van der Waals surface area (Å²) >= 11 is 3.37. The van der Waals surface area contributed by atoms with Gasteiger partial charge in [-0.1, -0.05) is 60.1 Å². The largest absolute Gasteiger partial charge is 0.632 e. The van der Waals surface area contributed by atoms with Crippen LogP contribution in [0.1, 0.15) is 44.4 Å². The summed E-state index contributed by atoms with van der Waals surface area (Å²) in [6, 6.07) is 13.3. The van der Waals surface area contributed by atoms with Crippen molar-refractivity contribution < 1.29 is 18.2 Å². The van der Waals surface area contributed by atoms with Gasteiger partial charge in [-0.3, -0.25) is 0 Å². The van der Waals surface area contributed by atoms with Crippen molar-refractivity contribution in [1.82, 2.24) is 0 Å². The molecule has 2 aromatic rings. The third kappa shape index (κ3) is 3.18. The Morgan fingerprint density at radius 2 is 1.93 bits per heavy atom. The highest BCUT2D eigenvalue weighted by Crippen LogP contribution is 2.43. The molecule has 0 aromatic heterocycles. The van der Waals surface area contributed by atoms with Gasteiger partial charge in [-0.2, -0.15) is 0 Å². The minimum absolute atomic E-state index is 0.251. The van der Waals surface area contributed by atoms with E-state index in [-0.39, 0.29) is 9.96 Å². The van der Waals surface area contributed by atoms with E-state index in [2.05, 4.69) is 15.9 Å². The van der Waals surface area contributed by atoms with Gasteiger partial charge < -0.3 is 15.0 Å². The molecular formula is C21H26BrNO4S. The van der Waals surface area contributed by atoms with Crippen LogP contribution >= 0.6 is 15.9 Å². The molecule has 1 heterocycles. The number of hydrogen-bond donors (Lipinski definition) is 1. The normalized spacial score (nSPS) is 26.1. The zero-order valence-corrected chi connectivity index (χ0v) is 18.7. The number of ether oxygens (including phenoxy) is 1. The predicted molar refractivity (Wildman–Crippen MR) is 113 cm³/mol. The van der Waals surface area contributed by atoms with Gasteiger partial charge in [-0.25, -0.2) is 8.42 Å². The average molecular weight is 468 g/mol. The van der Waals surface area contributed by atoms with Crippen LogP contribution in [0.3, 0.4) is 0 Å². The topological polar surface area (TPSA) is 70.9 Å². The standard InChI is InChI=1S/C21H26BrNO4S/c1-15(2)21(17-8-6-9-18(14-17)27-13-7-12-22)23(24)16(3)19-10-4-5-11-20(19)28(21,25)26/h4-6,8-11,14-16,23H,7,12-13H2,1-3H3. The molecule has 3 unspecified atom stereocenters. The van der Waals surface area contributed by atoms with E-state index in [4.69, 9.17) is 4.74 Å². The fraction of sp³-hybridized carbons (Fsp3) is 0.429. The van der Waals surface area contributed by atoms with Crippen LogP contribution in [0.2, 0.25) is 0 Å². The number of fused-ring (bicyclic) bond motifs is 1. The Bertz CT molecular complexity index is 947. The lowest BCUT2D eigenvalue weighted by Gasteiger charge is -2.51. The zero-order chi connectivity index (χ0) is 20.5. The van der Waals surface area contributed by atoms with Crippen LogP contribution in [0.25, 0.3) is 0 Å². The summed E-state index contributed by atoms with van der Waals surface area (Å²) < 4.78 is 33.4. The highest BCUT2D eigenvalue weighted by atomic mass is 79.9. The Balaban J connectivity index is 2.21. The maximum absolute atomic E-state index is 13.8. The SMILES string of the molecule is CC1c2ccccc2S(=O)(=O)C(c2cccc(OCCCBr)c2)(C(C)C)[NH+]1[O-]. The van der Waals surface area contributed by atoms with Gasteiger partial charge in [0.1, 0.15) is 11.8 Å². The molecule has 0 spiro atoms. The lowest BCUT2D eigenvalue weighted by atomic mass is 9.92. The first-order valence-corrected chi connectivity index (χ1v) is 12.1. The predicted octanol–water partition coefficient (Wildman–Crippen LogP) is 3.59. The highest BCUT2D eigenvalue weighted by molar-refractivity contribution is 9.09. The van der Waals surface area contributed by atoms with Crippen molar-refractivity contribution in [3.63, 3.8) is 0 Å². The molecule has 0 bridgehead atoms. The summed E-state index contributed by atoms with van der Waals surface area (Å²) in [6.45, 7) is 5.91. The Hall–Kier alpha value is -1.41. The van der Waals surface area contributed by atoms with E-state index >= 15 is 0 Å². The quantitative estimate of drug-likeness (QED) is 0.400. The van der Waals surface area contributed by atoms with Crippen LogP contribution < -0.4 is 9.80 Å². The summed E-state index contributed by atoms with van der Waals surface area (Å²) in [5, 5.41) is 14.2. The highest BCUT2D eigenvalue weighted by Gasteiger charge is 2.60. The van der Waals surface area contributed by atoms with Crippen LogP contribution in [0, 0.1) is 11.1 Å². The van der Waals surface area contributed by atoms with E-state index in [0.717, 1.165) is 11.8 Å². The molecule has 1 N–H and O–H groups in total. The molecule has 0 saturated carbocycles. The number of hydrogen-bond acceptors (Lipinski definition) is 4. The Morgan fingerprint density at radius 3 is 2.61 bits per heavy atom. The molecule has 0 amide bonds. The van der Waals surface area contributed by atoms with Crippen molar-refractivity contribution >= 4 is 25.8 Å². The van der Waals surface area contributed by atoms with Crippen LogP contribution in [-0.2, 0) is 14.7 Å². The first-order valence-electron chi connectivity index (χ1n) is 9.45. The van der Waals surface area contributed by atoms with Crippen molar-refractivity contribution in [2.24, 2.45) is 5.92 Å². The van der Waals surface area contributed by atoms with Gasteiger partial charge in [-0.15, -0.1) is 0 Å². The lowest BCUT2D eigenvalue weighted by molar-refractivity contribution is -0.931. The number of benzene rings is 2. The van der Waals surface area contributed by atoms with Crippen molar-refractivity contribution in [1.29, 1.82) is 0 Å². The molecule has 28 heavy (non-hydrogen) atoms. The van der Waals surface area contributed by atoms with Crippen molar-refractivity contribution in [3.8, 4) is 5.75 Å². The summed E-state index contributed by atoms with van der Waals surface area (Å²) in [6.07, 6.45) is 0.835. The van der Waals surface area contributed by atoms with Crippen molar-refractivity contribution in [2.75, 3.05) is 11.9 Å². The first kappa shape index (κ1) is 21.3. The molecule has 0 radical (unpaired) electrons. The fourth-order valence-corrected chi connectivity index (χ4v) is 7.03. The van der Waals surface area contributed by atoms with E-state index < -0.39 is 26.7 Å². The van der Waals surface area contributed by atoms with Crippen LogP contribution in [0.5, 0.6) is 5.75 Å².